The second kappa shape index (κ2) is 14.3. The summed E-state index contributed by atoms with van der Waals surface area (Å²) in [6, 6.07) is -2.86. The fourth-order valence-electron chi connectivity index (χ4n) is 2.96. The molecular formula is C22H37F5N2O4. The van der Waals surface area contributed by atoms with Crippen molar-refractivity contribution in [1.82, 2.24) is 10.6 Å². The summed E-state index contributed by atoms with van der Waals surface area (Å²) in [4.78, 5) is 36.5. The molecule has 0 spiro atoms. The zero-order chi connectivity index (χ0) is 25.8. The number of carbonyl (C=O) groups is 3. The second-order valence-corrected chi connectivity index (χ2v) is 8.79. The third-order valence-electron chi connectivity index (χ3n) is 5.09. The number of amides is 2. The van der Waals surface area contributed by atoms with E-state index in [1.54, 1.807) is 13.8 Å². The predicted octanol–water partition coefficient (Wildman–Crippen LogP) is 4.76. The lowest BCUT2D eigenvalue weighted by molar-refractivity contribution is -0.270. The molecule has 0 aliphatic carbocycles. The van der Waals surface area contributed by atoms with Gasteiger partial charge in [0.25, 0.3) is 0 Å². The number of nitrogens with one attached hydrogen (secondary N) is 2. The molecule has 2 amide bonds. The van der Waals surface area contributed by atoms with Crippen molar-refractivity contribution in [3.63, 3.8) is 0 Å². The van der Waals surface area contributed by atoms with Gasteiger partial charge in [-0.3, -0.25) is 9.59 Å². The first-order valence-electron chi connectivity index (χ1n) is 11.4. The Kier molecular flexibility index (Phi) is 13.5. The zero-order valence-corrected chi connectivity index (χ0v) is 20.0. The van der Waals surface area contributed by atoms with Crippen LogP contribution in [0.3, 0.4) is 0 Å². The molecule has 2 atom stereocenters. The molecule has 0 fully saturated rings. The van der Waals surface area contributed by atoms with Crippen LogP contribution in [0.4, 0.5) is 22.0 Å². The fraction of sp³-hybridized carbons (Fsp3) is 0.864. The number of carbonyl (C=O) groups excluding carboxylic acids is 3. The Labute approximate surface area is 192 Å². The molecule has 0 aliphatic rings. The normalized spacial score (nSPS) is 14.2. The van der Waals surface area contributed by atoms with Crippen LogP contribution in [0.15, 0.2) is 0 Å². The molecule has 0 aliphatic heterocycles. The molecule has 0 aromatic heterocycles. The van der Waals surface area contributed by atoms with Crippen LogP contribution in [0.5, 0.6) is 0 Å². The molecule has 0 saturated carbocycles. The first-order valence-corrected chi connectivity index (χ1v) is 11.4. The van der Waals surface area contributed by atoms with Crippen LogP contribution in [-0.2, 0) is 19.1 Å². The van der Waals surface area contributed by atoms with Gasteiger partial charge in [-0.1, -0.05) is 73.1 Å². The number of hydrogen-bond acceptors (Lipinski definition) is 4. The van der Waals surface area contributed by atoms with Crippen molar-refractivity contribution in [2.24, 2.45) is 11.8 Å². The van der Waals surface area contributed by atoms with Gasteiger partial charge in [0.05, 0.1) is 6.61 Å². The largest absolute Gasteiger partial charge is 0.464 e. The lowest BCUT2D eigenvalue weighted by Gasteiger charge is -2.28. The summed E-state index contributed by atoms with van der Waals surface area (Å²) < 4.78 is 69.1. The highest BCUT2D eigenvalue weighted by Gasteiger charge is 2.63. The third-order valence-corrected chi connectivity index (χ3v) is 5.09. The number of halogens is 5. The van der Waals surface area contributed by atoms with Crippen LogP contribution < -0.4 is 10.6 Å². The number of unbranched alkanes of at least 4 members (excludes halogenated alkanes) is 6. The molecule has 0 aromatic carbocycles. The minimum atomic E-state index is -6.10. The first-order chi connectivity index (χ1) is 15.2. The molecule has 6 nitrogen and oxygen atoms in total. The topological polar surface area (TPSA) is 84.5 Å². The van der Waals surface area contributed by atoms with Gasteiger partial charge >= 0.3 is 24.0 Å². The van der Waals surface area contributed by atoms with E-state index in [-0.39, 0.29) is 6.61 Å². The molecule has 0 heterocycles. The van der Waals surface area contributed by atoms with Gasteiger partial charge in [0.1, 0.15) is 12.1 Å². The maximum absolute atomic E-state index is 13.3. The van der Waals surface area contributed by atoms with Crippen LogP contribution >= 0.6 is 0 Å². The number of hydrogen-bond donors (Lipinski definition) is 2. The summed E-state index contributed by atoms with van der Waals surface area (Å²) >= 11 is 0. The Bertz CT molecular complexity index is 624. The number of alkyl halides is 5. The lowest BCUT2D eigenvalue weighted by atomic mass is 10.00. The average Bonchev–Trinajstić information content (AvgIpc) is 2.70. The Hall–Kier alpha value is -1.94. The molecule has 0 radical (unpaired) electrons. The Morgan fingerprint density at radius 1 is 0.758 bits per heavy atom. The summed E-state index contributed by atoms with van der Waals surface area (Å²) in [6.45, 7) is 8.21. The molecule has 0 aromatic rings. The molecule has 194 valence electrons. The third kappa shape index (κ3) is 10.7. The quantitative estimate of drug-likeness (QED) is 0.198. The second-order valence-electron chi connectivity index (χ2n) is 8.79. The highest BCUT2D eigenvalue weighted by atomic mass is 19.4. The molecular weight excluding hydrogens is 451 g/mol. The van der Waals surface area contributed by atoms with E-state index in [9.17, 15) is 36.3 Å². The van der Waals surface area contributed by atoms with Crippen molar-refractivity contribution in [3.05, 3.63) is 0 Å². The summed E-state index contributed by atoms with van der Waals surface area (Å²) in [7, 11) is 0. The molecule has 2 unspecified atom stereocenters. The average molecular weight is 489 g/mol. The maximum Gasteiger partial charge on any atom is 0.463 e. The van der Waals surface area contributed by atoms with E-state index in [1.165, 1.54) is 25.6 Å². The van der Waals surface area contributed by atoms with E-state index in [4.69, 9.17) is 4.74 Å². The van der Waals surface area contributed by atoms with Gasteiger partial charge in [0.15, 0.2) is 0 Å². The monoisotopic (exact) mass is 488 g/mol. The Balaban J connectivity index is 4.92. The Morgan fingerprint density at radius 3 is 1.70 bits per heavy atom. The van der Waals surface area contributed by atoms with Gasteiger partial charge in [0, 0.05) is 0 Å². The van der Waals surface area contributed by atoms with Gasteiger partial charge in [-0.2, -0.15) is 22.0 Å². The number of rotatable bonds is 15. The lowest BCUT2D eigenvalue weighted by Crippen LogP contribution is -2.59. The van der Waals surface area contributed by atoms with Crippen LogP contribution in [0.2, 0.25) is 0 Å². The van der Waals surface area contributed by atoms with E-state index in [0.29, 0.717) is 6.42 Å². The number of ether oxygens (including phenoxy) is 1. The molecule has 0 saturated heterocycles. The van der Waals surface area contributed by atoms with E-state index < -0.39 is 53.8 Å². The number of esters is 1. The van der Waals surface area contributed by atoms with Gasteiger partial charge < -0.3 is 15.4 Å². The van der Waals surface area contributed by atoms with Crippen LogP contribution in [0, 0.1) is 11.8 Å². The molecule has 11 heteroatoms. The summed E-state index contributed by atoms with van der Waals surface area (Å²) in [5, 5.41) is 3.77. The molecule has 2 N–H and O–H groups in total. The van der Waals surface area contributed by atoms with Gasteiger partial charge in [0.2, 0.25) is 5.91 Å². The zero-order valence-electron chi connectivity index (χ0n) is 20.0. The standard InChI is InChI=1S/C22H37F5N2O4/c1-6-7-8-9-10-11-12-13-33-19(31)17(15(4)5)28-18(30)16(14(2)3)29-20(32)21(23,24)22(25,26)27/h14-17H,6-13H2,1-5H3,(H,28,30)(H,29,32). The van der Waals surface area contributed by atoms with E-state index >= 15 is 0 Å². The smallest absolute Gasteiger partial charge is 0.463 e. The molecule has 33 heavy (non-hydrogen) atoms. The minimum absolute atomic E-state index is 0.147. The van der Waals surface area contributed by atoms with E-state index in [1.807, 2.05) is 0 Å². The maximum atomic E-state index is 13.3. The minimum Gasteiger partial charge on any atom is -0.464 e. The van der Waals surface area contributed by atoms with Crippen molar-refractivity contribution < 1.29 is 41.1 Å². The van der Waals surface area contributed by atoms with Crippen molar-refractivity contribution in [2.75, 3.05) is 6.61 Å². The molecule has 0 bridgehead atoms. The van der Waals surface area contributed by atoms with Crippen LogP contribution in [0.1, 0.15) is 79.6 Å². The van der Waals surface area contributed by atoms with Crippen molar-refractivity contribution >= 4 is 17.8 Å². The van der Waals surface area contributed by atoms with Crippen molar-refractivity contribution in [1.29, 1.82) is 0 Å². The highest BCUT2D eigenvalue weighted by molar-refractivity contribution is 5.93. The van der Waals surface area contributed by atoms with E-state index in [2.05, 4.69) is 12.2 Å². The summed E-state index contributed by atoms with van der Waals surface area (Å²) in [5.41, 5.74) is 0. The Morgan fingerprint density at radius 2 is 1.24 bits per heavy atom. The van der Waals surface area contributed by atoms with Crippen LogP contribution in [-0.4, -0.2) is 48.6 Å². The van der Waals surface area contributed by atoms with Crippen LogP contribution in [0.25, 0.3) is 0 Å². The summed E-state index contributed by atoms with van der Waals surface area (Å²) in [5.74, 6) is -11.4. The van der Waals surface area contributed by atoms with Gasteiger partial charge in [-0.15, -0.1) is 0 Å². The summed E-state index contributed by atoms with van der Waals surface area (Å²) in [6.07, 6.45) is 1.01. The predicted molar refractivity (Wildman–Crippen MR) is 113 cm³/mol. The highest BCUT2D eigenvalue weighted by Crippen LogP contribution is 2.35. The van der Waals surface area contributed by atoms with E-state index in [0.717, 1.165) is 32.1 Å². The van der Waals surface area contributed by atoms with Gasteiger partial charge in [-0.05, 0) is 18.3 Å². The molecule has 0 rings (SSSR count). The fourth-order valence-corrected chi connectivity index (χ4v) is 2.96. The van der Waals surface area contributed by atoms with Crippen molar-refractivity contribution in [3.8, 4) is 0 Å². The van der Waals surface area contributed by atoms with Gasteiger partial charge in [-0.25, -0.2) is 4.79 Å². The van der Waals surface area contributed by atoms with Crippen molar-refractivity contribution in [2.45, 2.75) is 104 Å². The first kappa shape index (κ1) is 31.1. The SMILES string of the molecule is CCCCCCCCCOC(=O)C(NC(=O)C(NC(=O)C(F)(F)C(F)(F)F)C(C)C)C(C)C.